The molecule has 0 bridgehead atoms. The first-order valence-electron chi connectivity index (χ1n) is 7.94. The first kappa shape index (κ1) is 19.4. The summed E-state index contributed by atoms with van der Waals surface area (Å²) < 4.78 is 24.1. The van der Waals surface area contributed by atoms with Crippen LogP contribution < -0.4 is 21.2 Å². The molecule has 1 aromatic carbocycles. The first-order chi connectivity index (χ1) is 13.3. The van der Waals surface area contributed by atoms with Gasteiger partial charge in [0.1, 0.15) is 24.4 Å². The maximum absolute atomic E-state index is 5.45. The van der Waals surface area contributed by atoms with E-state index in [1.165, 1.54) is 0 Å². The van der Waals surface area contributed by atoms with E-state index in [2.05, 4.69) is 31.1 Å². The van der Waals surface area contributed by atoms with Gasteiger partial charge in [-0.15, -0.1) is 0 Å². The molecule has 0 fully saturated rings. The molecule has 0 N–H and O–H groups in total. The average Bonchev–Trinajstić information content (AvgIpc) is 3.48. The van der Waals surface area contributed by atoms with Crippen LogP contribution in [0.1, 0.15) is 5.56 Å². The molecule has 0 radical (unpaired) electrons. The molecule has 0 aliphatic heterocycles. The molecule has 140 valence electrons. The van der Waals surface area contributed by atoms with Crippen molar-refractivity contribution in [3.63, 3.8) is 0 Å². The molecule has 4 aromatic rings. The van der Waals surface area contributed by atoms with Crippen molar-refractivity contribution >= 4 is 24.4 Å². The largest absolute Gasteiger partial charge is 0.464 e. The van der Waals surface area contributed by atoms with Crippen LogP contribution in [-0.4, -0.2) is 7.11 Å². The molecular formula is C21H16AuO4P. The Morgan fingerprint density at radius 3 is 1.59 bits per heavy atom. The maximum atomic E-state index is 5.45. The van der Waals surface area contributed by atoms with E-state index in [0.717, 1.165) is 27.8 Å². The van der Waals surface area contributed by atoms with Gasteiger partial charge in [-0.25, -0.2) is 0 Å². The quantitative estimate of drug-likeness (QED) is 0.217. The predicted octanol–water partition coefficient (Wildman–Crippen LogP) is 3.77. The SMILES string of the molecule is COc1ccc(C#[C][Au])cc1.c1coc(P(c2ccco2)c2ccco2)c1. The third-order valence-corrected chi connectivity index (χ3v) is 5.81. The summed E-state index contributed by atoms with van der Waals surface area (Å²) in [6.45, 7) is 0. The zero-order valence-corrected chi connectivity index (χ0v) is 17.4. The van der Waals surface area contributed by atoms with Crippen LogP contribution >= 0.6 is 7.92 Å². The third-order valence-electron chi connectivity index (χ3n) is 3.45. The Hall–Kier alpha value is -2.41. The van der Waals surface area contributed by atoms with Crippen LogP contribution in [0.5, 0.6) is 5.75 Å². The number of methoxy groups -OCH3 is 1. The van der Waals surface area contributed by atoms with Crippen molar-refractivity contribution in [2.45, 2.75) is 0 Å². The molecule has 3 heterocycles. The molecular weight excluding hydrogens is 544 g/mol. The Labute approximate surface area is 171 Å². The zero-order valence-electron chi connectivity index (χ0n) is 14.4. The van der Waals surface area contributed by atoms with Crippen LogP contribution in [0, 0.1) is 10.1 Å². The number of furan rings is 3. The van der Waals surface area contributed by atoms with E-state index in [-0.39, 0.29) is 0 Å². The van der Waals surface area contributed by atoms with E-state index in [1.807, 2.05) is 60.7 Å². The van der Waals surface area contributed by atoms with Crippen molar-refractivity contribution in [2.75, 3.05) is 7.11 Å². The standard InChI is InChI=1S/C12H9O3P.C9H7O.Au/c1-4-10(13-7-1)16(11-5-2-8-14-11)12-6-3-9-15-12;1-3-8-4-6-9(10-2)7-5-8;/h1-9H;4-7H,2H3;. The van der Waals surface area contributed by atoms with E-state index in [0.29, 0.717) is 0 Å². The summed E-state index contributed by atoms with van der Waals surface area (Å²) >= 11 is 2.18. The van der Waals surface area contributed by atoms with Gasteiger partial charge in [0.05, 0.1) is 18.8 Å². The maximum Gasteiger partial charge on any atom is 0.140 e. The van der Waals surface area contributed by atoms with Crippen LogP contribution in [0.15, 0.2) is 92.7 Å². The van der Waals surface area contributed by atoms with Crippen LogP contribution in [0.4, 0.5) is 0 Å². The molecule has 0 aliphatic rings. The molecule has 4 rings (SSSR count). The normalized spacial score (nSPS) is 9.93. The molecule has 0 saturated carbocycles. The van der Waals surface area contributed by atoms with Crippen molar-refractivity contribution in [2.24, 2.45) is 0 Å². The number of benzene rings is 1. The second-order valence-corrected chi connectivity index (χ2v) is 7.65. The molecule has 4 nitrogen and oxygen atoms in total. The van der Waals surface area contributed by atoms with Crippen LogP contribution in [0.3, 0.4) is 0 Å². The second-order valence-electron chi connectivity index (χ2n) is 5.12. The Bertz CT molecular complexity index is 882. The minimum atomic E-state index is -0.835. The summed E-state index contributed by atoms with van der Waals surface area (Å²) in [4.78, 5) is 0. The van der Waals surface area contributed by atoms with Gasteiger partial charge >= 0.3 is 78.6 Å². The van der Waals surface area contributed by atoms with Crippen molar-refractivity contribution < 1.29 is 39.1 Å². The van der Waals surface area contributed by atoms with E-state index in [1.54, 1.807) is 25.9 Å². The first-order valence-corrected chi connectivity index (χ1v) is 10.4. The molecule has 0 spiro atoms. The molecule has 0 atom stereocenters. The fourth-order valence-corrected chi connectivity index (χ4v) is 4.40. The van der Waals surface area contributed by atoms with E-state index in [4.69, 9.17) is 18.0 Å². The average molecular weight is 560 g/mol. The van der Waals surface area contributed by atoms with Crippen molar-refractivity contribution in [1.82, 2.24) is 0 Å². The monoisotopic (exact) mass is 560 g/mol. The predicted molar refractivity (Wildman–Crippen MR) is 102 cm³/mol. The molecule has 0 aliphatic carbocycles. The second kappa shape index (κ2) is 10.1. The summed E-state index contributed by atoms with van der Waals surface area (Å²) in [5.74, 6) is 3.79. The van der Waals surface area contributed by atoms with E-state index in [9.17, 15) is 0 Å². The molecule has 0 saturated heterocycles. The Balaban J connectivity index is 0.000000168. The summed E-state index contributed by atoms with van der Waals surface area (Å²) in [7, 11) is 0.816. The summed E-state index contributed by atoms with van der Waals surface area (Å²) in [6, 6.07) is 19.1. The van der Waals surface area contributed by atoms with Crippen LogP contribution in [-0.2, 0) is 21.1 Å². The number of hydrogen-bond donors (Lipinski definition) is 0. The number of hydrogen-bond acceptors (Lipinski definition) is 4. The fourth-order valence-electron chi connectivity index (χ4n) is 2.24. The fraction of sp³-hybridized carbons (Fsp3) is 0.0476. The number of rotatable bonds is 4. The van der Waals surface area contributed by atoms with E-state index < -0.39 is 7.92 Å². The Morgan fingerprint density at radius 2 is 1.26 bits per heavy atom. The summed E-state index contributed by atoms with van der Waals surface area (Å²) in [5.41, 5.74) is 3.63. The topological polar surface area (TPSA) is 48.7 Å². The minimum absolute atomic E-state index is 0.835. The minimum Gasteiger partial charge on any atom is -0.464 e. The van der Waals surface area contributed by atoms with Crippen LogP contribution in [0.25, 0.3) is 0 Å². The van der Waals surface area contributed by atoms with Gasteiger partial charge in [0, 0.05) is 0 Å². The van der Waals surface area contributed by atoms with Gasteiger partial charge in [-0.1, -0.05) is 0 Å². The van der Waals surface area contributed by atoms with Crippen molar-refractivity contribution in [3.8, 4) is 15.8 Å². The van der Waals surface area contributed by atoms with Crippen molar-refractivity contribution in [1.29, 1.82) is 0 Å². The van der Waals surface area contributed by atoms with Crippen molar-refractivity contribution in [3.05, 3.63) is 85.0 Å². The van der Waals surface area contributed by atoms with Gasteiger partial charge in [-0.3, -0.25) is 0 Å². The van der Waals surface area contributed by atoms with Gasteiger partial charge in [0.2, 0.25) is 0 Å². The molecule has 0 amide bonds. The third kappa shape index (κ3) is 5.29. The van der Waals surface area contributed by atoms with Gasteiger partial charge in [-0.2, -0.15) is 0 Å². The molecule has 3 aromatic heterocycles. The molecule has 27 heavy (non-hydrogen) atoms. The Morgan fingerprint density at radius 1 is 0.778 bits per heavy atom. The zero-order chi connectivity index (χ0) is 18.9. The van der Waals surface area contributed by atoms with Crippen LogP contribution in [0.2, 0.25) is 0 Å². The summed E-state index contributed by atoms with van der Waals surface area (Å²) in [6.07, 6.45) is 4.99. The van der Waals surface area contributed by atoms with Gasteiger partial charge in [0.15, 0.2) is 0 Å². The van der Waals surface area contributed by atoms with Gasteiger partial charge < -0.3 is 13.3 Å². The molecule has 6 heteroatoms. The van der Waals surface area contributed by atoms with Gasteiger partial charge in [0.25, 0.3) is 0 Å². The smallest absolute Gasteiger partial charge is 0.140 e. The van der Waals surface area contributed by atoms with E-state index >= 15 is 0 Å². The summed E-state index contributed by atoms with van der Waals surface area (Å²) in [5, 5.41) is 0. The molecule has 0 unspecified atom stereocenters. The Kier molecular flexibility index (Phi) is 7.21. The number of ether oxygens (including phenoxy) is 1. The van der Waals surface area contributed by atoms with Gasteiger partial charge in [-0.05, 0) is 36.4 Å².